The van der Waals surface area contributed by atoms with E-state index in [1.807, 2.05) is 0 Å². The molecule has 11 rings (SSSR count). The SMILES string of the molecule is c1ccc(-c2ccc3c4c2CCN4c2cc(N(c4ccccc4)c4ccccc4)cc4c2B3c2ccc(-c3ccccc3)c3c2N4CC3)cc1. The van der Waals surface area contributed by atoms with Gasteiger partial charge >= 0.3 is 0 Å². The Morgan fingerprint density at radius 3 is 1.30 bits per heavy atom. The zero-order valence-corrected chi connectivity index (χ0v) is 27.8. The van der Waals surface area contributed by atoms with Gasteiger partial charge in [-0.3, -0.25) is 0 Å². The van der Waals surface area contributed by atoms with E-state index in [-0.39, 0.29) is 6.71 Å². The second-order valence-electron chi connectivity index (χ2n) is 13.9. The van der Waals surface area contributed by atoms with Gasteiger partial charge < -0.3 is 14.7 Å². The van der Waals surface area contributed by atoms with Gasteiger partial charge in [0.15, 0.2) is 0 Å². The first kappa shape index (κ1) is 27.9. The van der Waals surface area contributed by atoms with Gasteiger partial charge in [-0.1, -0.05) is 121 Å². The van der Waals surface area contributed by atoms with E-state index in [2.05, 4.69) is 172 Å². The Hall–Kier alpha value is -6.00. The smallest absolute Gasteiger partial charge is 0.252 e. The minimum Gasteiger partial charge on any atom is -0.342 e. The van der Waals surface area contributed by atoms with Crippen LogP contribution < -0.4 is 31.1 Å². The van der Waals surface area contributed by atoms with Crippen molar-refractivity contribution in [2.24, 2.45) is 0 Å². The Labute approximate surface area is 293 Å². The van der Waals surface area contributed by atoms with Crippen molar-refractivity contribution in [1.82, 2.24) is 0 Å². The number of nitrogens with zero attached hydrogens (tertiary/aromatic N) is 3. The van der Waals surface area contributed by atoms with Crippen LogP contribution in [0.1, 0.15) is 11.1 Å². The number of fused-ring (bicyclic) bond motifs is 4. The number of anilines is 7. The molecule has 236 valence electrons. The third-order valence-corrected chi connectivity index (χ3v) is 11.4. The zero-order valence-electron chi connectivity index (χ0n) is 27.8. The van der Waals surface area contributed by atoms with Crippen molar-refractivity contribution in [3.05, 3.63) is 169 Å². The lowest BCUT2D eigenvalue weighted by molar-refractivity contribution is 0.987. The lowest BCUT2D eigenvalue weighted by Crippen LogP contribution is -2.61. The van der Waals surface area contributed by atoms with E-state index in [9.17, 15) is 0 Å². The highest BCUT2D eigenvalue weighted by atomic mass is 15.2. The van der Waals surface area contributed by atoms with E-state index < -0.39 is 0 Å². The lowest BCUT2D eigenvalue weighted by atomic mass is 9.33. The molecule has 4 heteroatoms. The molecule has 0 aromatic heterocycles. The molecule has 0 aliphatic carbocycles. The average molecular weight is 640 g/mol. The van der Waals surface area contributed by atoms with Crippen molar-refractivity contribution in [3.63, 3.8) is 0 Å². The predicted octanol–water partition coefficient (Wildman–Crippen LogP) is 9.02. The maximum absolute atomic E-state index is 2.66. The Bertz CT molecular complexity index is 2280. The van der Waals surface area contributed by atoms with Crippen LogP contribution in [0.2, 0.25) is 0 Å². The molecule has 4 heterocycles. The maximum atomic E-state index is 2.66. The van der Waals surface area contributed by atoms with Gasteiger partial charge in [0, 0.05) is 47.2 Å². The molecule has 0 unspecified atom stereocenters. The fourth-order valence-electron chi connectivity index (χ4n) is 9.41. The summed E-state index contributed by atoms with van der Waals surface area (Å²) in [5.74, 6) is 0. The summed E-state index contributed by atoms with van der Waals surface area (Å²) in [4.78, 5) is 7.75. The van der Waals surface area contributed by atoms with Crippen LogP contribution in [0.5, 0.6) is 0 Å². The molecule has 0 bridgehead atoms. The highest BCUT2D eigenvalue weighted by molar-refractivity contribution is 7.00. The standard InChI is InChI=1S/C46H34BN3/c1-5-13-31(14-6-1)36-21-23-40-45-38(36)25-27-48(45)42-29-35(50(33-17-9-3-10-18-33)34-19-11-4-12-20-34)30-43-44(42)47(40)41-24-22-37(32-15-7-2-8-16-32)39-26-28-49(43)46(39)41/h1-24,29-30H,25-28H2. The van der Waals surface area contributed by atoms with Gasteiger partial charge in [-0.25, -0.2) is 0 Å². The summed E-state index contributed by atoms with van der Waals surface area (Å²) in [6.07, 6.45) is 2.07. The van der Waals surface area contributed by atoms with Gasteiger partial charge in [0.1, 0.15) is 0 Å². The minimum atomic E-state index is 0.178. The largest absolute Gasteiger partial charge is 0.342 e. The van der Waals surface area contributed by atoms with Crippen molar-refractivity contribution < 1.29 is 0 Å². The highest BCUT2D eigenvalue weighted by Gasteiger charge is 2.47. The van der Waals surface area contributed by atoms with E-state index >= 15 is 0 Å². The molecule has 0 saturated carbocycles. The highest BCUT2D eigenvalue weighted by Crippen LogP contribution is 2.49. The van der Waals surface area contributed by atoms with E-state index in [4.69, 9.17) is 0 Å². The number of hydrogen-bond donors (Lipinski definition) is 0. The maximum Gasteiger partial charge on any atom is 0.252 e. The third kappa shape index (κ3) is 3.93. The van der Waals surface area contributed by atoms with Crippen molar-refractivity contribution in [3.8, 4) is 22.3 Å². The number of para-hydroxylation sites is 2. The molecule has 0 atom stereocenters. The van der Waals surface area contributed by atoms with Crippen LogP contribution >= 0.6 is 0 Å². The van der Waals surface area contributed by atoms with Crippen molar-refractivity contribution in [1.29, 1.82) is 0 Å². The second-order valence-corrected chi connectivity index (χ2v) is 13.9. The summed E-state index contributed by atoms with van der Waals surface area (Å²) in [6, 6.07) is 58.3. The summed E-state index contributed by atoms with van der Waals surface area (Å²) >= 11 is 0. The summed E-state index contributed by atoms with van der Waals surface area (Å²) in [5, 5.41) is 0. The van der Waals surface area contributed by atoms with Gasteiger partial charge in [0.25, 0.3) is 6.71 Å². The van der Waals surface area contributed by atoms with Gasteiger partial charge in [0.05, 0.1) is 5.69 Å². The van der Waals surface area contributed by atoms with E-state index in [0.717, 1.165) is 37.3 Å². The first-order valence-electron chi connectivity index (χ1n) is 17.9. The first-order valence-corrected chi connectivity index (χ1v) is 17.9. The summed E-state index contributed by atoms with van der Waals surface area (Å²) in [5.41, 5.74) is 21.7. The lowest BCUT2D eigenvalue weighted by Gasteiger charge is -2.43. The topological polar surface area (TPSA) is 9.72 Å². The van der Waals surface area contributed by atoms with Crippen molar-refractivity contribution in [2.45, 2.75) is 12.8 Å². The molecular formula is C46H34BN3. The molecule has 0 radical (unpaired) electrons. The summed E-state index contributed by atoms with van der Waals surface area (Å²) in [6.45, 7) is 2.14. The van der Waals surface area contributed by atoms with E-state index in [1.165, 1.54) is 78.2 Å². The number of rotatable bonds is 5. The molecule has 0 N–H and O–H groups in total. The first-order chi connectivity index (χ1) is 24.8. The molecular weight excluding hydrogens is 605 g/mol. The Morgan fingerprint density at radius 1 is 0.440 bits per heavy atom. The second kappa shape index (κ2) is 10.8. The van der Waals surface area contributed by atoms with Crippen LogP contribution in [-0.4, -0.2) is 19.8 Å². The van der Waals surface area contributed by atoms with Crippen LogP contribution in [0.15, 0.2) is 158 Å². The zero-order chi connectivity index (χ0) is 32.8. The Kier molecular flexibility index (Phi) is 6.00. The summed E-state index contributed by atoms with van der Waals surface area (Å²) < 4.78 is 0. The molecule has 4 aliphatic rings. The van der Waals surface area contributed by atoms with Crippen LogP contribution in [0.4, 0.5) is 39.8 Å². The van der Waals surface area contributed by atoms with Gasteiger partial charge in [-0.2, -0.15) is 0 Å². The molecule has 50 heavy (non-hydrogen) atoms. The minimum absolute atomic E-state index is 0.178. The molecule has 4 aliphatic heterocycles. The van der Waals surface area contributed by atoms with Gasteiger partial charge in [-0.15, -0.1) is 0 Å². The molecule has 0 spiro atoms. The molecule has 0 saturated heterocycles. The third-order valence-electron chi connectivity index (χ3n) is 11.4. The monoisotopic (exact) mass is 639 g/mol. The molecule has 3 nitrogen and oxygen atoms in total. The van der Waals surface area contributed by atoms with E-state index in [1.54, 1.807) is 0 Å². The molecule has 7 aromatic carbocycles. The molecule has 0 amide bonds. The Balaban J connectivity index is 1.20. The van der Waals surface area contributed by atoms with Crippen LogP contribution in [-0.2, 0) is 12.8 Å². The average Bonchev–Trinajstić information content (AvgIpc) is 3.84. The van der Waals surface area contributed by atoms with Crippen LogP contribution in [0, 0.1) is 0 Å². The number of hydrogen-bond acceptors (Lipinski definition) is 3. The van der Waals surface area contributed by atoms with E-state index in [0.29, 0.717) is 0 Å². The fourth-order valence-corrected chi connectivity index (χ4v) is 9.41. The molecule has 7 aromatic rings. The van der Waals surface area contributed by atoms with Gasteiger partial charge in [0.2, 0.25) is 0 Å². The molecule has 0 fully saturated rings. The van der Waals surface area contributed by atoms with Crippen molar-refractivity contribution >= 4 is 62.9 Å². The normalized spacial score (nSPS) is 14.4. The van der Waals surface area contributed by atoms with Gasteiger partial charge in [-0.05, 0) is 99.0 Å². The fraction of sp³-hybridized carbons (Fsp3) is 0.0870. The quantitative estimate of drug-likeness (QED) is 0.174. The van der Waals surface area contributed by atoms with Crippen LogP contribution in [0.25, 0.3) is 22.3 Å². The Morgan fingerprint density at radius 2 is 0.860 bits per heavy atom. The number of benzene rings is 7. The van der Waals surface area contributed by atoms with Crippen LogP contribution in [0.3, 0.4) is 0 Å². The summed E-state index contributed by atoms with van der Waals surface area (Å²) in [7, 11) is 0. The van der Waals surface area contributed by atoms with Crippen molar-refractivity contribution in [2.75, 3.05) is 27.8 Å². The predicted molar refractivity (Wildman–Crippen MR) is 211 cm³/mol.